The van der Waals surface area contributed by atoms with Crippen LogP contribution in [0.25, 0.3) is 0 Å². The standard InChI is InChI=1S/C19H16Cl2N2O4S/c1-11-4-7-14(8-5-11)28(25,26)27-19-17(12(2)23(3)22-19)18(24)13-6-9-15(20)16(21)10-13/h4-10H,1-3H3. The fourth-order valence-electron chi connectivity index (χ4n) is 2.54. The third-order valence-electron chi connectivity index (χ3n) is 4.21. The lowest BCUT2D eigenvalue weighted by atomic mass is 10.0. The first-order valence-electron chi connectivity index (χ1n) is 8.14. The van der Waals surface area contributed by atoms with Crippen molar-refractivity contribution in [1.82, 2.24) is 9.78 Å². The van der Waals surface area contributed by atoms with E-state index in [0.717, 1.165) is 5.56 Å². The van der Waals surface area contributed by atoms with Crippen molar-refractivity contribution in [2.75, 3.05) is 0 Å². The quantitative estimate of drug-likeness (QED) is 0.437. The van der Waals surface area contributed by atoms with Gasteiger partial charge in [0.2, 0.25) is 0 Å². The van der Waals surface area contributed by atoms with Gasteiger partial charge in [0, 0.05) is 12.6 Å². The minimum Gasteiger partial charge on any atom is -0.356 e. The minimum atomic E-state index is -4.16. The Morgan fingerprint density at radius 3 is 2.29 bits per heavy atom. The number of hydrogen-bond donors (Lipinski definition) is 0. The van der Waals surface area contributed by atoms with Crippen molar-refractivity contribution in [3.8, 4) is 5.88 Å². The van der Waals surface area contributed by atoms with Crippen LogP contribution in [0, 0.1) is 13.8 Å². The highest BCUT2D eigenvalue weighted by Gasteiger charge is 2.28. The van der Waals surface area contributed by atoms with Gasteiger partial charge in [-0.05, 0) is 44.2 Å². The van der Waals surface area contributed by atoms with Gasteiger partial charge in [-0.25, -0.2) is 0 Å². The number of aryl methyl sites for hydroxylation is 2. The van der Waals surface area contributed by atoms with Gasteiger partial charge in [0.15, 0.2) is 5.78 Å². The molecule has 28 heavy (non-hydrogen) atoms. The maximum atomic E-state index is 13.0. The summed E-state index contributed by atoms with van der Waals surface area (Å²) in [6.45, 7) is 3.48. The molecule has 0 fully saturated rings. The summed E-state index contributed by atoms with van der Waals surface area (Å²) < 4.78 is 31.8. The Morgan fingerprint density at radius 2 is 1.68 bits per heavy atom. The van der Waals surface area contributed by atoms with Gasteiger partial charge >= 0.3 is 10.1 Å². The van der Waals surface area contributed by atoms with Crippen molar-refractivity contribution in [2.24, 2.45) is 7.05 Å². The number of benzene rings is 2. The smallest absolute Gasteiger partial charge is 0.340 e. The van der Waals surface area contributed by atoms with Gasteiger partial charge in [-0.15, -0.1) is 5.10 Å². The van der Waals surface area contributed by atoms with Gasteiger partial charge in [0.05, 0.1) is 15.7 Å². The lowest BCUT2D eigenvalue weighted by Gasteiger charge is -2.08. The highest BCUT2D eigenvalue weighted by Crippen LogP contribution is 2.29. The Kier molecular flexibility index (Phi) is 5.52. The molecule has 3 aromatic rings. The van der Waals surface area contributed by atoms with E-state index in [1.165, 1.54) is 35.0 Å². The Balaban J connectivity index is 2.04. The molecule has 0 aliphatic carbocycles. The average molecular weight is 439 g/mol. The van der Waals surface area contributed by atoms with Crippen molar-refractivity contribution in [2.45, 2.75) is 18.7 Å². The highest BCUT2D eigenvalue weighted by atomic mass is 35.5. The van der Waals surface area contributed by atoms with Crippen molar-refractivity contribution in [1.29, 1.82) is 0 Å². The van der Waals surface area contributed by atoms with Crippen molar-refractivity contribution < 1.29 is 17.4 Å². The number of carbonyl (C=O) groups excluding carboxylic acids is 1. The van der Waals surface area contributed by atoms with Crippen LogP contribution in [0.4, 0.5) is 0 Å². The van der Waals surface area contributed by atoms with Crippen molar-refractivity contribution in [3.05, 3.63) is 74.9 Å². The van der Waals surface area contributed by atoms with E-state index >= 15 is 0 Å². The zero-order valence-electron chi connectivity index (χ0n) is 15.2. The van der Waals surface area contributed by atoms with Gasteiger partial charge < -0.3 is 4.18 Å². The molecule has 0 radical (unpaired) electrons. The fourth-order valence-corrected chi connectivity index (χ4v) is 3.72. The monoisotopic (exact) mass is 438 g/mol. The molecule has 0 aliphatic heterocycles. The molecule has 9 heteroatoms. The molecule has 0 unspecified atom stereocenters. The zero-order chi connectivity index (χ0) is 20.6. The summed E-state index contributed by atoms with van der Waals surface area (Å²) in [6, 6.07) is 10.6. The van der Waals surface area contributed by atoms with Crippen LogP contribution < -0.4 is 4.18 Å². The Morgan fingerprint density at radius 1 is 1.04 bits per heavy atom. The van der Waals surface area contributed by atoms with E-state index in [9.17, 15) is 13.2 Å². The van der Waals surface area contributed by atoms with Crippen LogP contribution in [0.2, 0.25) is 10.0 Å². The molecule has 0 aliphatic rings. The van der Waals surface area contributed by atoms with Gasteiger partial charge in [0.1, 0.15) is 10.5 Å². The van der Waals surface area contributed by atoms with Crippen LogP contribution in [0.1, 0.15) is 27.2 Å². The van der Waals surface area contributed by atoms with E-state index in [4.69, 9.17) is 27.4 Å². The topological polar surface area (TPSA) is 78.3 Å². The Bertz CT molecular complexity index is 1170. The number of aromatic nitrogens is 2. The van der Waals surface area contributed by atoms with Crippen LogP contribution >= 0.6 is 23.2 Å². The molecule has 0 N–H and O–H groups in total. The predicted octanol–water partition coefficient (Wildman–Crippen LogP) is 4.34. The molecule has 6 nitrogen and oxygen atoms in total. The number of carbonyl (C=O) groups is 1. The SMILES string of the molecule is Cc1ccc(S(=O)(=O)Oc2nn(C)c(C)c2C(=O)c2ccc(Cl)c(Cl)c2)cc1. The van der Waals surface area contributed by atoms with Gasteiger partial charge in [-0.3, -0.25) is 9.48 Å². The Labute approximate surface area is 172 Å². The third kappa shape index (κ3) is 3.92. The second-order valence-electron chi connectivity index (χ2n) is 6.20. The van der Waals surface area contributed by atoms with E-state index in [1.807, 2.05) is 6.92 Å². The van der Waals surface area contributed by atoms with E-state index in [1.54, 1.807) is 26.1 Å². The summed E-state index contributed by atoms with van der Waals surface area (Å²) in [4.78, 5) is 13.0. The van der Waals surface area contributed by atoms with Crippen molar-refractivity contribution >= 4 is 39.1 Å². The highest BCUT2D eigenvalue weighted by molar-refractivity contribution is 7.87. The molecular weight excluding hydrogens is 423 g/mol. The molecule has 0 spiro atoms. The maximum Gasteiger partial charge on any atom is 0.340 e. The lowest BCUT2D eigenvalue weighted by Crippen LogP contribution is -2.13. The largest absolute Gasteiger partial charge is 0.356 e. The van der Waals surface area contributed by atoms with Gasteiger partial charge in [0.25, 0.3) is 5.88 Å². The fraction of sp³-hybridized carbons (Fsp3) is 0.158. The zero-order valence-corrected chi connectivity index (χ0v) is 17.6. The number of nitrogens with zero attached hydrogens (tertiary/aromatic N) is 2. The summed E-state index contributed by atoms with van der Waals surface area (Å²) in [7, 11) is -2.57. The molecular formula is C19H16Cl2N2O4S. The van der Waals surface area contributed by atoms with Gasteiger partial charge in [-0.1, -0.05) is 40.9 Å². The van der Waals surface area contributed by atoms with E-state index in [0.29, 0.717) is 10.7 Å². The minimum absolute atomic E-state index is 0.0330. The van der Waals surface area contributed by atoms with Crippen LogP contribution in [-0.4, -0.2) is 24.0 Å². The molecule has 0 atom stereocenters. The molecule has 1 aromatic heterocycles. The summed E-state index contributed by atoms with van der Waals surface area (Å²) in [6.07, 6.45) is 0. The molecule has 0 saturated heterocycles. The number of halogens is 2. The van der Waals surface area contributed by atoms with E-state index < -0.39 is 15.9 Å². The predicted molar refractivity (Wildman–Crippen MR) is 107 cm³/mol. The molecule has 1 heterocycles. The second-order valence-corrected chi connectivity index (χ2v) is 8.56. The van der Waals surface area contributed by atoms with E-state index in [-0.39, 0.29) is 26.9 Å². The number of hydrogen-bond acceptors (Lipinski definition) is 5. The molecule has 0 amide bonds. The average Bonchev–Trinajstić information content (AvgIpc) is 2.90. The summed E-state index contributed by atoms with van der Waals surface area (Å²) in [5.74, 6) is -0.769. The summed E-state index contributed by atoms with van der Waals surface area (Å²) >= 11 is 11.9. The number of rotatable bonds is 5. The summed E-state index contributed by atoms with van der Waals surface area (Å²) in [5.41, 5.74) is 1.63. The van der Waals surface area contributed by atoms with Crippen LogP contribution in [-0.2, 0) is 17.2 Å². The first-order chi connectivity index (χ1) is 13.1. The molecule has 146 valence electrons. The van der Waals surface area contributed by atoms with E-state index in [2.05, 4.69) is 5.10 Å². The maximum absolute atomic E-state index is 13.0. The normalized spacial score (nSPS) is 11.5. The van der Waals surface area contributed by atoms with Crippen LogP contribution in [0.5, 0.6) is 5.88 Å². The van der Waals surface area contributed by atoms with Gasteiger partial charge in [-0.2, -0.15) is 8.42 Å². The first kappa shape index (κ1) is 20.4. The summed E-state index contributed by atoms with van der Waals surface area (Å²) in [5, 5.41) is 4.58. The third-order valence-corrected chi connectivity index (χ3v) is 6.17. The second kappa shape index (κ2) is 7.58. The number of ketones is 1. The van der Waals surface area contributed by atoms with Crippen LogP contribution in [0.15, 0.2) is 47.4 Å². The molecule has 2 aromatic carbocycles. The first-order valence-corrected chi connectivity index (χ1v) is 10.3. The van der Waals surface area contributed by atoms with Crippen LogP contribution in [0.3, 0.4) is 0 Å². The molecule has 3 rings (SSSR count). The molecule has 0 saturated carbocycles. The van der Waals surface area contributed by atoms with Crippen molar-refractivity contribution in [3.63, 3.8) is 0 Å². The molecule has 0 bridgehead atoms. The lowest BCUT2D eigenvalue weighted by molar-refractivity contribution is 0.103. The Hall–Kier alpha value is -2.35.